The third kappa shape index (κ3) is 1.70. The standard InChI is InChI=1S/C17H13NO2Se/c1-18-13-6-4-3-5-10(13)11-7-8-14-12(16(11)18)9-15(21-14)17(19)20-2/h3-9H,1-2H3. The number of fused-ring (bicyclic) bond motifs is 5. The van der Waals surface area contributed by atoms with E-state index in [1.165, 1.54) is 38.6 Å². The van der Waals surface area contributed by atoms with Crippen LogP contribution >= 0.6 is 0 Å². The molecule has 0 radical (unpaired) electrons. The molecule has 0 amide bonds. The molecule has 4 rings (SSSR count). The van der Waals surface area contributed by atoms with E-state index in [2.05, 4.69) is 48.0 Å². The number of ether oxygens (including phenoxy) is 1. The van der Waals surface area contributed by atoms with Crippen LogP contribution in [0, 0.1) is 0 Å². The molecule has 0 bridgehead atoms. The number of nitrogens with zero attached hydrogens (tertiary/aromatic N) is 1. The summed E-state index contributed by atoms with van der Waals surface area (Å²) in [6.07, 6.45) is 0. The Bertz CT molecular complexity index is 1010. The van der Waals surface area contributed by atoms with Crippen molar-refractivity contribution in [3.63, 3.8) is 0 Å². The fourth-order valence-corrected chi connectivity index (χ4v) is 5.05. The average Bonchev–Trinajstić information content (AvgIpc) is 3.07. The summed E-state index contributed by atoms with van der Waals surface area (Å²) in [7, 11) is 3.52. The molecule has 21 heavy (non-hydrogen) atoms. The molecular formula is C17H13NO2Se. The summed E-state index contributed by atoms with van der Waals surface area (Å²) in [5.41, 5.74) is 2.42. The number of aryl methyl sites for hydroxylation is 1. The number of esters is 1. The van der Waals surface area contributed by atoms with Gasteiger partial charge >= 0.3 is 127 Å². The molecule has 0 saturated carbocycles. The van der Waals surface area contributed by atoms with Gasteiger partial charge in [0.05, 0.1) is 0 Å². The van der Waals surface area contributed by atoms with Gasteiger partial charge < -0.3 is 0 Å². The number of methoxy groups -OCH3 is 1. The Labute approximate surface area is 127 Å². The van der Waals surface area contributed by atoms with Gasteiger partial charge in [0, 0.05) is 0 Å². The van der Waals surface area contributed by atoms with Gasteiger partial charge in [0.25, 0.3) is 0 Å². The summed E-state index contributed by atoms with van der Waals surface area (Å²) in [5.74, 6) is -0.210. The average molecular weight is 342 g/mol. The van der Waals surface area contributed by atoms with Crippen LogP contribution in [0.25, 0.3) is 31.5 Å². The van der Waals surface area contributed by atoms with E-state index in [0.29, 0.717) is 0 Å². The fraction of sp³-hybridized carbons (Fsp3) is 0.118. The van der Waals surface area contributed by atoms with E-state index in [1.54, 1.807) is 0 Å². The number of rotatable bonds is 1. The number of hydrogen-bond donors (Lipinski definition) is 0. The van der Waals surface area contributed by atoms with Crippen LogP contribution in [0.15, 0.2) is 42.5 Å². The molecule has 0 N–H and O–H groups in total. The van der Waals surface area contributed by atoms with Crippen LogP contribution in [0.5, 0.6) is 0 Å². The molecule has 0 atom stereocenters. The SMILES string of the molecule is COC(=O)c1cc2c(ccc3c4ccccc4n(C)c23)[se]1. The van der Waals surface area contributed by atoms with Gasteiger partial charge in [0.2, 0.25) is 0 Å². The van der Waals surface area contributed by atoms with E-state index in [0.717, 1.165) is 4.44 Å². The van der Waals surface area contributed by atoms with Gasteiger partial charge in [-0.1, -0.05) is 0 Å². The molecule has 0 spiro atoms. The van der Waals surface area contributed by atoms with Crippen molar-refractivity contribution in [1.29, 1.82) is 0 Å². The molecule has 4 aromatic rings. The third-order valence-electron chi connectivity index (χ3n) is 3.95. The van der Waals surface area contributed by atoms with Crippen LogP contribution in [-0.2, 0) is 11.8 Å². The molecule has 3 nitrogen and oxygen atoms in total. The topological polar surface area (TPSA) is 31.2 Å². The summed E-state index contributed by atoms with van der Waals surface area (Å²) in [6, 6.07) is 14.7. The number of hydrogen-bond acceptors (Lipinski definition) is 2. The van der Waals surface area contributed by atoms with Crippen molar-refractivity contribution in [2.45, 2.75) is 0 Å². The van der Waals surface area contributed by atoms with Crippen molar-refractivity contribution < 1.29 is 9.53 Å². The molecular weight excluding hydrogens is 329 g/mol. The van der Waals surface area contributed by atoms with Gasteiger partial charge in [-0.2, -0.15) is 0 Å². The van der Waals surface area contributed by atoms with Crippen LogP contribution in [0.4, 0.5) is 0 Å². The van der Waals surface area contributed by atoms with Crippen molar-refractivity contribution in [2.75, 3.05) is 7.11 Å². The van der Waals surface area contributed by atoms with Crippen molar-refractivity contribution in [3.05, 3.63) is 46.9 Å². The first-order valence-electron chi connectivity index (χ1n) is 6.68. The maximum absolute atomic E-state index is 11.8. The van der Waals surface area contributed by atoms with Gasteiger partial charge in [-0.25, -0.2) is 0 Å². The van der Waals surface area contributed by atoms with Gasteiger partial charge in [0.15, 0.2) is 0 Å². The van der Waals surface area contributed by atoms with Gasteiger partial charge in [0.1, 0.15) is 0 Å². The fourth-order valence-electron chi connectivity index (χ4n) is 2.99. The zero-order chi connectivity index (χ0) is 14.6. The number of aromatic nitrogens is 1. The molecule has 104 valence electrons. The molecule has 2 heterocycles. The molecule has 4 heteroatoms. The van der Waals surface area contributed by atoms with Crippen LogP contribution in [-0.4, -0.2) is 32.1 Å². The van der Waals surface area contributed by atoms with Crippen LogP contribution in [0.3, 0.4) is 0 Å². The Morgan fingerprint density at radius 1 is 1.10 bits per heavy atom. The van der Waals surface area contributed by atoms with Crippen LogP contribution in [0.2, 0.25) is 0 Å². The zero-order valence-electron chi connectivity index (χ0n) is 11.7. The Morgan fingerprint density at radius 3 is 2.71 bits per heavy atom. The van der Waals surface area contributed by atoms with Gasteiger partial charge in [-0.15, -0.1) is 0 Å². The predicted octanol–water partition coefficient (Wildman–Crippen LogP) is 3.33. The van der Waals surface area contributed by atoms with Crippen molar-refractivity contribution in [3.8, 4) is 0 Å². The van der Waals surface area contributed by atoms with Crippen molar-refractivity contribution in [2.24, 2.45) is 7.05 Å². The molecule has 0 aliphatic carbocycles. The first-order valence-corrected chi connectivity index (χ1v) is 8.40. The molecule has 2 aromatic heterocycles. The molecule has 0 aliphatic rings. The molecule has 0 saturated heterocycles. The summed E-state index contributed by atoms with van der Waals surface area (Å²) >= 11 is 0.0348. The monoisotopic (exact) mass is 343 g/mol. The summed E-state index contributed by atoms with van der Waals surface area (Å²) < 4.78 is 9.13. The first-order chi connectivity index (χ1) is 10.2. The normalized spacial score (nSPS) is 11.5. The van der Waals surface area contributed by atoms with E-state index in [-0.39, 0.29) is 20.5 Å². The summed E-state index contributed by atoms with van der Waals surface area (Å²) in [6.45, 7) is 0. The Morgan fingerprint density at radius 2 is 1.90 bits per heavy atom. The van der Waals surface area contributed by atoms with E-state index in [1.807, 2.05) is 6.07 Å². The Balaban J connectivity index is 2.18. The second-order valence-corrected chi connectivity index (χ2v) is 7.33. The summed E-state index contributed by atoms with van der Waals surface area (Å²) in [4.78, 5) is 11.8. The minimum atomic E-state index is -0.210. The predicted molar refractivity (Wildman–Crippen MR) is 86.2 cm³/mol. The van der Waals surface area contributed by atoms with E-state index >= 15 is 0 Å². The Hall–Kier alpha value is -2.03. The number of carbonyl (C=O) groups excluding carboxylic acids is 1. The molecule has 0 unspecified atom stereocenters. The van der Waals surface area contributed by atoms with Gasteiger partial charge in [-0.3, -0.25) is 0 Å². The van der Waals surface area contributed by atoms with Crippen LogP contribution < -0.4 is 0 Å². The molecule has 2 aromatic carbocycles. The summed E-state index contributed by atoms with van der Waals surface area (Å²) in [5, 5.41) is 3.67. The van der Waals surface area contributed by atoms with E-state index < -0.39 is 0 Å². The number of para-hydroxylation sites is 1. The second-order valence-electron chi connectivity index (χ2n) is 5.05. The second kappa shape index (κ2) is 4.48. The van der Waals surface area contributed by atoms with Gasteiger partial charge in [-0.05, 0) is 0 Å². The Kier molecular flexibility index (Phi) is 2.71. The minimum absolute atomic E-state index is 0.0348. The van der Waals surface area contributed by atoms with Crippen molar-refractivity contribution in [1.82, 2.24) is 4.57 Å². The third-order valence-corrected chi connectivity index (χ3v) is 6.22. The van der Waals surface area contributed by atoms with Crippen molar-refractivity contribution >= 4 is 51.9 Å². The van der Waals surface area contributed by atoms with E-state index in [9.17, 15) is 4.79 Å². The molecule has 0 aliphatic heterocycles. The van der Waals surface area contributed by atoms with Crippen LogP contribution in [0.1, 0.15) is 9.23 Å². The number of benzene rings is 2. The zero-order valence-corrected chi connectivity index (χ0v) is 13.4. The van der Waals surface area contributed by atoms with E-state index in [4.69, 9.17) is 4.74 Å². The quantitative estimate of drug-likeness (QED) is 0.392. The molecule has 0 fully saturated rings. The first kappa shape index (κ1) is 12.7. The number of carbonyl (C=O) groups is 1. The maximum atomic E-state index is 11.8.